The van der Waals surface area contributed by atoms with E-state index in [1.165, 1.54) is 7.11 Å². The molecular weight excluding hydrogens is 378 g/mol. The molecule has 0 aliphatic rings. The summed E-state index contributed by atoms with van der Waals surface area (Å²) in [5.74, 6) is -0.343. The molecule has 0 fully saturated rings. The van der Waals surface area contributed by atoms with Crippen LogP contribution in [0.5, 0.6) is 0 Å². The van der Waals surface area contributed by atoms with Crippen LogP contribution in [0.4, 0.5) is 0 Å². The first-order valence-corrected chi connectivity index (χ1v) is 9.12. The van der Waals surface area contributed by atoms with Crippen LogP contribution in [0.3, 0.4) is 0 Å². The molecule has 2 rings (SSSR count). The number of hydrogen-bond acceptors (Lipinski definition) is 5. The third-order valence-corrected chi connectivity index (χ3v) is 4.70. The van der Waals surface area contributed by atoms with Crippen molar-refractivity contribution in [3.05, 3.63) is 69.2 Å². The maximum absolute atomic E-state index is 12.2. The molecule has 0 bridgehead atoms. The van der Waals surface area contributed by atoms with Crippen molar-refractivity contribution in [3.63, 3.8) is 0 Å². The van der Waals surface area contributed by atoms with Crippen molar-refractivity contribution in [2.24, 2.45) is 10.3 Å². The Balaban J connectivity index is 2.27. The Bertz CT molecular complexity index is 923. The zero-order valence-corrected chi connectivity index (χ0v) is 17.4. The Morgan fingerprint density at radius 1 is 1.14 bits per heavy atom. The van der Waals surface area contributed by atoms with Gasteiger partial charge in [-0.15, -0.1) is 0 Å². The minimum Gasteiger partial charge on any atom is -0.398 e. The van der Waals surface area contributed by atoms with Gasteiger partial charge in [0.15, 0.2) is 5.71 Å². The van der Waals surface area contributed by atoms with E-state index < -0.39 is 0 Å². The van der Waals surface area contributed by atoms with Crippen LogP contribution >= 0.6 is 11.6 Å². The van der Waals surface area contributed by atoms with Crippen molar-refractivity contribution in [2.75, 3.05) is 14.2 Å². The van der Waals surface area contributed by atoms with Gasteiger partial charge in [-0.1, -0.05) is 46.2 Å². The van der Waals surface area contributed by atoms with Gasteiger partial charge in [-0.3, -0.25) is 4.79 Å². The third-order valence-electron chi connectivity index (χ3n) is 4.28. The van der Waals surface area contributed by atoms with Gasteiger partial charge in [0, 0.05) is 23.2 Å². The molecule has 148 valence electrons. The van der Waals surface area contributed by atoms with E-state index in [1.807, 2.05) is 51.1 Å². The van der Waals surface area contributed by atoms with Gasteiger partial charge in [-0.2, -0.15) is 0 Å². The molecule has 0 unspecified atom stereocenters. The van der Waals surface area contributed by atoms with Gasteiger partial charge < -0.3 is 15.0 Å². The summed E-state index contributed by atoms with van der Waals surface area (Å²) in [6.07, 6.45) is 0. The molecule has 0 heterocycles. The van der Waals surface area contributed by atoms with Crippen molar-refractivity contribution in [1.29, 1.82) is 0 Å². The number of benzene rings is 2. The van der Waals surface area contributed by atoms with Gasteiger partial charge in [-0.25, -0.2) is 0 Å². The van der Waals surface area contributed by atoms with Crippen molar-refractivity contribution in [1.82, 2.24) is 5.32 Å². The predicted molar refractivity (Wildman–Crippen MR) is 112 cm³/mol. The van der Waals surface area contributed by atoms with Crippen molar-refractivity contribution >= 4 is 28.9 Å². The first-order valence-electron chi connectivity index (χ1n) is 8.74. The zero-order chi connectivity index (χ0) is 20.7. The molecular formula is C21H24ClN3O3. The lowest BCUT2D eigenvalue weighted by Crippen LogP contribution is -2.29. The van der Waals surface area contributed by atoms with Crippen molar-refractivity contribution in [3.8, 4) is 0 Å². The lowest BCUT2D eigenvalue weighted by molar-refractivity contribution is -0.114. The number of nitrogens with zero attached hydrogens (tertiary/aromatic N) is 2. The van der Waals surface area contributed by atoms with E-state index in [9.17, 15) is 4.79 Å². The van der Waals surface area contributed by atoms with Gasteiger partial charge in [-0.05, 0) is 49.6 Å². The van der Waals surface area contributed by atoms with Gasteiger partial charge >= 0.3 is 0 Å². The number of oxime groups is 2. The average Bonchev–Trinajstić information content (AvgIpc) is 2.68. The van der Waals surface area contributed by atoms with Gasteiger partial charge in [0.25, 0.3) is 5.91 Å². The largest absolute Gasteiger partial charge is 0.398 e. The highest BCUT2D eigenvalue weighted by Gasteiger charge is 2.19. The Hall–Kier alpha value is -2.86. The fraction of sp³-hybridized carbons (Fsp3) is 0.286. The number of halogens is 1. The lowest BCUT2D eigenvalue weighted by atomic mass is 9.98. The molecule has 0 saturated carbocycles. The number of hydrogen-bond donors (Lipinski definition) is 1. The Kier molecular flexibility index (Phi) is 7.58. The smallest absolute Gasteiger partial charge is 0.273 e. The summed E-state index contributed by atoms with van der Waals surface area (Å²) in [5.41, 5.74) is 5.22. The highest BCUT2D eigenvalue weighted by molar-refractivity contribution is 6.45. The summed E-state index contributed by atoms with van der Waals surface area (Å²) < 4.78 is 0. The summed E-state index contributed by atoms with van der Waals surface area (Å²) in [6, 6.07) is 11.3. The minimum absolute atomic E-state index is 0.182. The molecule has 0 saturated heterocycles. The van der Waals surface area contributed by atoms with Crippen LogP contribution in [-0.2, 0) is 21.1 Å². The fourth-order valence-electron chi connectivity index (χ4n) is 2.65. The number of amides is 1. The summed E-state index contributed by atoms with van der Waals surface area (Å²) in [7, 11) is 2.94. The maximum Gasteiger partial charge on any atom is 0.273 e. The Morgan fingerprint density at radius 3 is 2.54 bits per heavy atom. The van der Waals surface area contributed by atoms with E-state index in [-0.39, 0.29) is 18.2 Å². The van der Waals surface area contributed by atoms with Crippen LogP contribution < -0.4 is 5.32 Å². The van der Waals surface area contributed by atoms with Gasteiger partial charge in [0.2, 0.25) is 0 Å². The molecule has 0 aliphatic carbocycles. The van der Waals surface area contributed by atoms with E-state index >= 15 is 0 Å². The molecule has 0 aromatic heterocycles. The second-order valence-electron chi connectivity index (χ2n) is 6.22. The van der Waals surface area contributed by atoms with Crippen LogP contribution in [0.15, 0.2) is 46.7 Å². The fourth-order valence-corrected chi connectivity index (χ4v) is 2.77. The number of rotatable bonds is 7. The molecule has 6 nitrogen and oxygen atoms in total. The Morgan fingerprint density at radius 2 is 1.89 bits per heavy atom. The molecule has 0 spiro atoms. The monoisotopic (exact) mass is 401 g/mol. The summed E-state index contributed by atoms with van der Waals surface area (Å²) in [4.78, 5) is 22.6. The number of carbonyl (C=O) groups is 1. The molecule has 1 amide bonds. The van der Waals surface area contributed by atoms with Crippen LogP contribution in [-0.4, -0.2) is 31.5 Å². The number of likely N-dealkylation sites (N-methyl/N-ethyl adjacent to an activating group) is 1. The molecule has 0 atom stereocenters. The van der Waals surface area contributed by atoms with Crippen LogP contribution in [0.1, 0.15) is 34.7 Å². The topological polar surface area (TPSA) is 72.3 Å². The molecule has 1 N–H and O–H groups in total. The van der Waals surface area contributed by atoms with E-state index in [0.29, 0.717) is 10.6 Å². The molecule has 2 aromatic rings. The maximum atomic E-state index is 12.2. The molecule has 28 heavy (non-hydrogen) atoms. The van der Waals surface area contributed by atoms with Crippen molar-refractivity contribution < 1.29 is 14.5 Å². The van der Waals surface area contributed by atoms with Crippen LogP contribution in [0.25, 0.3) is 0 Å². The minimum atomic E-state index is -0.343. The quantitative estimate of drug-likeness (QED) is 0.563. The molecule has 7 heteroatoms. The predicted octanol–water partition coefficient (Wildman–Crippen LogP) is 3.99. The molecule has 2 aromatic carbocycles. The third kappa shape index (κ3) is 5.10. The number of aryl methyl sites for hydroxylation is 2. The van der Waals surface area contributed by atoms with E-state index in [0.717, 1.165) is 28.0 Å². The highest BCUT2D eigenvalue weighted by Crippen LogP contribution is 2.19. The second kappa shape index (κ2) is 9.90. The molecule has 0 aliphatic heterocycles. The lowest BCUT2D eigenvalue weighted by Gasteiger charge is -2.13. The average molecular weight is 402 g/mol. The summed E-state index contributed by atoms with van der Waals surface area (Å²) in [5, 5.41) is 11.4. The van der Waals surface area contributed by atoms with E-state index in [2.05, 4.69) is 15.6 Å². The van der Waals surface area contributed by atoms with Crippen LogP contribution in [0.2, 0.25) is 5.02 Å². The number of carbonyl (C=O) groups excluding carboxylic acids is 1. The van der Waals surface area contributed by atoms with Crippen LogP contribution in [0, 0.1) is 13.8 Å². The summed E-state index contributed by atoms with van der Waals surface area (Å²) in [6.45, 7) is 5.93. The summed E-state index contributed by atoms with van der Waals surface area (Å²) >= 11 is 6.07. The normalized spacial score (nSPS) is 11.9. The molecule has 0 radical (unpaired) electrons. The second-order valence-corrected chi connectivity index (χ2v) is 6.62. The first kappa shape index (κ1) is 21.4. The Labute approximate surface area is 170 Å². The number of nitrogens with one attached hydrogen (secondary N) is 1. The zero-order valence-electron chi connectivity index (χ0n) is 16.7. The van der Waals surface area contributed by atoms with Gasteiger partial charge in [0.05, 0.1) is 5.71 Å². The SMILES string of the molecule is CNC(=O)/C(=N/OC)c1cccc(C)c1CO/N=C(\C)c1ccc(Cl)c(C)c1. The highest BCUT2D eigenvalue weighted by atomic mass is 35.5. The van der Waals surface area contributed by atoms with Crippen molar-refractivity contribution in [2.45, 2.75) is 27.4 Å². The van der Waals surface area contributed by atoms with E-state index in [4.69, 9.17) is 21.3 Å². The van der Waals surface area contributed by atoms with E-state index in [1.54, 1.807) is 13.1 Å². The van der Waals surface area contributed by atoms with Gasteiger partial charge in [0.1, 0.15) is 13.7 Å². The standard InChI is InChI=1S/C21H24ClN3O3/c1-13-7-6-8-17(20(25-27-5)21(26)23-4)18(13)12-28-24-15(3)16-9-10-19(22)14(2)11-16/h6-11H,12H2,1-5H3,(H,23,26)/b24-15+,25-20+. The first-order chi connectivity index (χ1) is 13.4.